The Hall–Kier alpha value is -3.56. The lowest BCUT2D eigenvalue weighted by Gasteiger charge is -2.31. The zero-order valence-electron chi connectivity index (χ0n) is 23.9. The molecule has 0 radical (unpaired) electrons. The minimum atomic E-state index is -0.786. The number of likely N-dealkylation sites (tertiary alicyclic amines) is 1. The molecule has 40 heavy (non-hydrogen) atoms. The van der Waals surface area contributed by atoms with Crippen molar-refractivity contribution in [1.82, 2.24) is 9.80 Å². The summed E-state index contributed by atoms with van der Waals surface area (Å²) in [6, 6.07) is 11.5. The van der Waals surface area contributed by atoms with E-state index in [1.165, 1.54) is 0 Å². The number of aliphatic hydroxyl groups excluding tert-OH is 1. The van der Waals surface area contributed by atoms with E-state index in [1.54, 1.807) is 48.4 Å². The average Bonchev–Trinajstić information content (AvgIpc) is 3.21. The van der Waals surface area contributed by atoms with E-state index >= 15 is 0 Å². The minimum absolute atomic E-state index is 0.000132. The zero-order valence-corrected chi connectivity index (χ0v) is 23.9. The Bertz CT molecular complexity index is 1200. The van der Waals surface area contributed by atoms with Crippen molar-refractivity contribution in [2.24, 2.45) is 0 Å². The van der Waals surface area contributed by atoms with Crippen LogP contribution in [0.3, 0.4) is 0 Å². The van der Waals surface area contributed by atoms with Gasteiger partial charge in [0.15, 0.2) is 11.5 Å². The molecule has 4 rings (SSSR count). The van der Waals surface area contributed by atoms with Crippen molar-refractivity contribution in [1.29, 1.82) is 0 Å². The highest BCUT2D eigenvalue weighted by atomic mass is 16.5. The van der Waals surface area contributed by atoms with Gasteiger partial charge >= 0.3 is 0 Å². The van der Waals surface area contributed by atoms with Crippen LogP contribution >= 0.6 is 0 Å². The number of Topliss-reactive ketones (excluding diaryl/α,β-unsaturated/α-hetero) is 1. The Balaban J connectivity index is 1.72. The summed E-state index contributed by atoms with van der Waals surface area (Å²) < 4.78 is 22.7. The number of nitrogens with zero attached hydrogens (tertiary/aromatic N) is 2. The largest absolute Gasteiger partial charge is 0.507 e. The third-order valence-corrected chi connectivity index (χ3v) is 7.06. The van der Waals surface area contributed by atoms with E-state index in [-0.39, 0.29) is 17.4 Å². The molecular weight excluding hydrogens is 512 g/mol. The number of hydrogen-bond donors (Lipinski definition) is 1. The molecule has 1 N–H and O–H groups in total. The maximum atomic E-state index is 13.5. The Kier molecular flexibility index (Phi) is 10.1. The predicted octanol–water partition coefficient (Wildman–Crippen LogP) is 4.42. The first-order chi connectivity index (χ1) is 19.3. The minimum Gasteiger partial charge on any atom is -0.507 e. The third-order valence-electron chi connectivity index (χ3n) is 7.06. The molecule has 1 amide bonds. The van der Waals surface area contributed by atoms with Gasteiger partial charge in [-0.2, -0.15) is 0 Å². The van der Waals surface area contributed by atoms with Gasteiger partial charge in [-0.3, -0.25) is 14.5 Å². The van der Waals surface area contributed by atoms with Crippen molar-refractivity contribution >= 4 is 17.4 Å². The second-order valence-electron chi connectivity index (χ2n) is 10.2. The number of rotatable bonds is 12. The summed E-state index contributed by atoms with van der Waals surface area (Å²) in [6.45, 7) is 10.2. The normalized spacial score (nSPS) is 19.3. The summed E-state index contributed by atoms with van der Waals surface area (Å²) in [7, 11) is 1.56. The van der Waals surface area contributed by atoms with E-state index in [4.69, 9.17) is 18.9 Å². The predicted molar refractivity (Wildman–Crippen MR) is 152 cm³/mol. The van der Waals surface area contributed by atoms with E-state index in [1.807, 2.05) is 19.9 Å². The Labute approximate surface area is 236 Å². The van der Waals surface area contributed by atoms with Crippen LogP contribution in [0.1, 0.15) is 50.8 Å². The molecule has 2 fully saturated rings. The molecule has 2 aliphatic heterocycles. The number of aliphatic hydroxyl groups is 1. The number of carbonyl (C=O) groups excluding carboxylic acids is 2. The monoisotopic (exact) mass is 552 g/mol. The molecule has 0 aromatic heterocycles. The third kappa shape index (κ3) is 6.77. The van der Waals surface area contributed by atoms with E-state index in [0.29, 0.717) is 61.3 Å². The molecule has 9 nitrogen and oxygen atoms in total. The van der Waals surface area contributed by atoms with E-state index in [2.05, 4.69) is 11.8 Å². The van der Waals surface area contributed by atoms with Gasteiger partial charge in [-0.15, -0.1) is 0 Å². The first-order valence-electron chi connectivity index (χ1n) is 14.0. The number of unbranched alkanes of at least 4 members (excludes halogenated alkanes) is 1. The topological polar surface area (TPSA) is 97.8 Å². The molecule has 1 unspecified atom stereocenters. The molecule has 1 atom stereocenters. The first-order valence-corrected chi connectivity index (χ1v) is 14.0. The SMILES string of the molecule is CCCCOc1ccc(C2/C(=C(\O)c3ccc(OC(C)C)cc3)C(=O)C(=O)N2CCN2CCOCC2)cc1OC. The van der Waals surface area contributed by atoms with Gasteiger partial charge in [0.1, 0.15) is 11.5 Å². The molecule has 9 heteroatoms. The quantitative estimate of drug-likeness (QED) is 0.179. The average molecular weight is 553 g/mol. The van der Waals surface area contributed by atoms with Crippen LogP contribution < -0.4 is 14.2 Å². The first kappa shape index (κ1) is 29.4. The molecule has 0 aliphatic carbocycles. The summed E-state index contributed by atoms with van der Waals surface area (Å²) in [5, 5.41) is 11.4. The zero-order chi connectivity index (χ0) is 28.6. The van der Waals surface area contributed by atoms with Crippen LogP contribution in [-0.2, 0) is 14.3 Å². The summed E-state index contributed by atoms with van der Waals surface area (Å²) in [5.41, 5.74) is 1.13. The fourth-order valence-corrected chi connectivity index (χ4v) is 4.95. The summed E-state index contributed by atoms with van der Waals surface area (Å²) in [5.74, 6) is 0.164. The molecule has 0 spiro atoms. The lowest BCUT2D eigenvalue weighted by molar-refractivity contribution is -0.140. The number of benzene rings is 2. The molecule has 2 heterocycles. The van der Waals surface area contributed by atoms with Gasteiger partial charge in [0, 0.05) is 31.7 Å². The summed E-state index contributed by atoms with van der Waals surface area (Å²) >= 11 is 0. The molecular formula is C31H40N2O7. The standard InChI is InChI=1S/C31H40N2O7/c1-5-6-17-39-25-12-9-23(20-26(25)37-4)28-27(29(34)22-7-10-24(11-8-22)40-21(2)3)30(35)31(36)33(28)14-13-32-15-18-38-19-16-32/h7-12,20-21,28,34H,5-6,13-19H2,1-4H3/b29-27+. The number of morpholine rings is 1. The number of carbonyl (C=O) groups is 2. The van der Waals surface area contributed by atoms with Crippen molar-refractivity contribution in [3.63, 3.8) is 0 Å². The van der Waals surface area contributed by atoms with Crippen LogP contribution in [0, 0.1) is 0 Å². The van der Waals surface area contributed by atoms with E-state index in [9.17, 15) is 14.7 Å². The van der Waals surface area contributed by atoms with Crippen molar-refractivity contribution in [3.8, 4) is 17.2 Å². The highest BCUT2D eigenvalue weighted by Gasteiger charge is 2.46. The number of amides is 1. The van der Waals surface area contributed by atoms with Crippen LogP contribution in [-0.4, -0.2) is 85.8 Å². The lowest BCUT2D eigenvalue weighted by Crippen LogP contribution is -2.42. The van der Waals surface area contributed by atoms with Gasteiger partial charge in [-0.05, 0) is 62.2 Å². The molecule has 216 valence electrons. The second-order valence-corrected chi connectivity index (χ2v) is 10.2. The van der Waals surface area contributed by atoms with E-state index in [0.717, 1.165) is 25.9 Å². The van der Waals surface area contributed by atoms with Gasteiger partial charge in [0.2, 0.25) is 0 Å². The Morgan fingerprint density at radius 3 is 2.42 bits per heavy atom. The number of hydrogen-bond acceptors (Lipinski definition) is 8. The molecule has 2 aromatic rings. The van der Waals surface area contributed by atoms with Crippen molar-refractivity contribution < 1.29 is 33.6 Å². The second kappa shape index (κ2) is 13.7. The maximum absolute atomic E-state index is 13.5. The van der Waals surface area contributed by atoms with Gasteiger partial charge in [-0.25, -0.2) is 0 Å². The van der Waals surface area contributed by atoms with Crippen molar-refractivity contribution in [2.75, 3.05) is 53.1 Å². The van der Waals surface area contributed by atoms with E-state index < -0.39 is 17.7 Å². The van der Waals surface area contributed by atoms with Crippen LogP contribution in [0.4, 0.5) is 0 Å². The highest BCUT2D eigenvalue weighted by molar-refractivity contribution is 6.46. The molecule has 2 saturated heterocycles. The maximum Gasteiger partial charge on any atom is 0.295 e. The van der Waals surface area contributed by atoms with Gasteiger partial charge in [0.25, 0.3) is 11.7 Å². The van der Waals surface area contributed by atoms with Gasteiger partial charge in [0.05, 0.1) is 44.6 Å². The molecule has 0 bridgehead atoms. The summed E-state index contributed by atoms with van der Waals surface area (Å²) in [6.07, 6.45) is 1.91. The van der Waals surface area contributed by atoms with Crippen LogP contribution in [0.2, 0.25) is 0 Å². The van der Waals surface area contributed by atoms with Gasteiger partial charge in [-0.1, -0.05) is 19.4 Å². The highest BCUT2D eigenvalue weighted by Crippen LogP contribution is 2.42. The molecule has 0 saturated carbocycles. The fraction of sp³-hybridized carbons (Fsp3) is 0.484. The van der Waals surface area contributed by atoms with Gasteiger partial charge < -0.3 is 29.0 Å². The number of ketones is 1. The smallest absolute Gasteiger partial charge is 0.295 e. The number of methoxy groups -OCH3 is 1. The Morgan fingerprint density at radius 2 is 1.77 bits per heavy atom. The van der Waals surface area contributed by atoms with Crippen LogP contribution in [0.5, 0.6) is 17.2 Å². The molecule has 2 aromatic carbocycles. The van der Waals surface area contributed by atoms with Crippen LogP contribution in [0.15, 0.2) is 48.0 Å². The van der Waals surface area contributed by atoms with Crippen LogP contribution in [0.25, 0.3) is 5.76 Å². The van der Waals surface area contributed by atoms with Crippen molar-refractivity contribution in [3.05, 3.63) is 59.2 Å². The number of ether oxygens (including phenoxy) is 4. The van der Waals surface area contributed by atoms with Crippen molar-refractivity contribution in [2.45, 2.75) is 45.8 Å². The fourth-order valence-electron chi connectivity index (χ4n) is 4.95. The Morgan fingerprint density at radius 1 is 1.05 bits per heavy atom. The summed E-state index contributed by atoms with van der Waals surface area (Å²) in [4.78, 5) is 30.6. The molecule has 2 aliphatic rings. The lowest BCUT2D eigenvalue weighted by atomic mass is 9.95.